The number of nitrogen functional groups attached to an aromatic ring is 1. The smallest absolute Gasteiger partial charge is 0.120 e. The number of nitrogens with one attached hydrogen (secondary N) is 2. The molecule has 1 aromatic carbocycles. The van der Waals surface area contributed by atoms with Crippen molar-refractivity contribution in [3.8, 4) is 0 Å². The molecule has 1 aromatic rings. The minimum atomic E-state index is -0.394. The normalized spacial score (nSPS) is 11.7. The van der Waals surface area contributed by atoms with Crippen LogP contribution in [0.2, 0.25) is 0 Å². The van der Waals surface area contributed by atoms with Crippen LogP contribution in [0.3, 0.4) is 0 Å². The Morgan fingerprint density at radius 1 is 1.50 bits per heavy atom. The third-order valence-electron chi connectivity index (χ3n) is 2.52. The lowest BCUT2D eigenvalue weighted by molar-refractivity contribution is 0.298. The molecule has 1 rings (SSSR count). The van der Waals surface area contributed by atoms with E-state index in [1.807, 2.05) is 6.92 Å². The Morgan fingerprint density at radius 3 is 2.61 bits per heavy atom. The van der Waals surface area contributed by atoms with Crippen molar-refractivity contribution >= 4 is 36.5 Å². The molecule has 5 heteroatoms. The molecule has 96 valence electrons. The average molecular weight is 263 g/mol. The fourth-order valence-corrected chi connectivity index (χ4v) is 1.83. The summed E-state index contributed by atoms with van der Waals surface area (Å²) in [6.45, 7) is 6.21. The predicted octanol–water partition coefficient (Wildman–Crippen LogP) is 2.95. The Bertz CT molecular complexity index is 477. The van der Waals surface area contributed by atoms with E-state index in [9.17, 15) is 0 Å². The second-order valence-corrected chi connectivity index (χ2v) is 4.17. The molecule has 0 aromatic heterocycles. The molecule has 0 bridgehead atoms. The topological polar surface area (TPSA) is 83.0 Å². The molecule has 0 aliphatic heterocycles. The van der Waals surface area contributed by atoms with Gasteiger partial charge >= 0.3 is 0 Å². The van der Waals surface area contributed by atoms with Crippen LogP contribution in [0.4, 0.5) is 5.69 Å². The third kappa shape index (κ3) is 2.92. The maximum Gasteiger partial charge on any atom is 0.120 e. The summed E-state index contributed by atoms with van der Waals surface area (Å²) >= 11 is 4.34. The molecular weight excluding hydrogens is 246 g/mol. The van der Waals surface area contributed by atoms with Crippen molar-refractivity contribution < 1.29 is 4.74 Å². The van der Waals surface area contributed by atoms with Crippen molar-refractivity contribution in [1.29, 1.82) is 10.8 Å². The summed E-state index contributed by atoms with van der Waals surface area (Å²) < 4.78 is 5.35. The van der Waals surface area contributed by atoms with E-state index in [4.69, 9.17) is 21.3 Å². The summed E-state index contributed by atoms with van der Waals surface area (Å²) in [7, 11) is 0. The minimum absolute atomic E-state index is 0.394. The van der Waals surface area contributed by atoms with Crippen LogP contribution >= 0.6 is 12.6 Å². The average Bonchev–Trinajstić information content (AvgIpc) is 2.35. The molecule has 4 nitrogen and oxygen atoms in total. The lowest BCUT2D eigenvalue weighted by atomic mass is 9.98. The van der Waals surface area contributed by atoms with Crippen LogP contribution in [-0.4, -0.2) is 19.0 Å². The van der Waals surface area contributed by atoms with Crippen molar-refractivity contribution in [3.05, 3.63) is 29.8 Å². The third-order valence-corrected chi connectivity index (χ3v) is 3.02. The molecule has 0 atom stereocenters. The second kappa shape index (κ2) is 6.26. The first kappa shape index (κ1) is 14.3. The summed E-state index contributed by atoms with van der Waals surface area (Å²) in [5.74, 6) is 0.0965. The van der Waals surface area contributed by atoms with Crippen LogP contribution < -0.4 is 5.73 Å². The van der Waals surface area contributed by atoms with Gasteiger partial charge in [-0.2, -0.15) is 0 Å². The van der Waals surface area contributed by atoms with Crippen molar-refractivity contribution in [2.24, 2.45) is 0 Å². The Labute approximate surface area is 112 Å². The van der Waals surface area contributed by atoms with Gasteiger partial charge in [0.2, 0.25) is 0 Å². The molecule has 0 aliphatic carbocycles. The van der Waals surface area contributed by atoms with Gasteiger partial charge in [-0.25, -0.2) is 0 Å². The molecule has 0 fully saturated rings. The highest BCUT2D eigenvalue weighted by molar-refractivity contribution is 7.80. The van der Waals surface area contributed by atoms with E-state index in [-0.39, 0.29) is 0 Å². The van der Waals surface area contributed by atoms with Crippen LogP contribution in [0, 0.1) is 10.8 Å². The van der Waals surface area contributed by atoms with Gasteiger partial charge in [-0.15, -0.1) is 12.6 Å². The van der Waals surface area contributed by atoms with Gasteiger partial charge in [-0.3, -0.25) is 0 Å². The van der Waals surface area contributed by atoms with Crippen LogP contribution in [0.5, 0.6) is 0 Å². The molecule has 0 unspecified atom stereocenters. The van der Waals surface area contributed by atoms with Crippen LogP contribution in [0.15, 0.2) is 23.6 Å². The van der Waals surface area contributed by atoms with Crippen molar-refractivity contribution in [2.45, 2.75) is 17.7 Å². The first-order valence-electron chi connectivity index (χ1n) is 5.50. The summed E-state index contributed by atoms with van der Waals surface area (Å²) in [5, 5.41) is 14.6. The summed E-state index contributed by atoms with van der Waals surface area (Å²) in [5.41, 5.74) is 7.82. The van der Waals surface area contributed by atoms with E-state index < -0.39 is 5.92 Å². The Balaban J connectivity index is 3.29. The zero-order valence-electron chi connectivity index (χ0n) is 10.2. The number of thiol groups is 1. The number of rotatable bonds is 6. The van der Waals surface area contributed by atoms with Crippen LogP contribution in [0.25, 0.3) is 5.76 Å². The summed E-state index contributed by atoms with van der Waals surface area (Å²) in [6, 6.07) is 3.52. The molecule has 0 heterocycles. The zero-order chi connectivity index (χ0) is 13.7. The van der Waals surface area contributed by atoms with Crippen molar-refractivity contribution in [3.63, 3.8) is 0 Å². The Hall–Kier alpha value is -1.75. The first-order valence-corrected chi connectivity index (χ1v) is 5.95. The van der Waals surface area contributed by atoms with Crippen molar-refractivity contribution in [1.82, 2.24) is 0 Å². The van der Waals surface area contributed by atoms with E-state index in [2.05, 4.69) is 19.2 Å². The highest BCUT2D eigenvalue weighted by atomic mass is 32.1. The van der Waals surface area contributed by atoms with E-state index in [0.29, 0.717) is 28.5 Å². The maximum atomic E-state index is 7.29. The van der Waals surface area contributed by atoms with Crippen molar-refractivity contribution in [2.75, 3.05) is 12.3 Å². The summed E-state index contributed by atoms with van der Waals surface area (Å²) in [6.07, 6.45) is 2.38. The van der Waals surface area contributed by atoms with Crippen LogP contribution in [0.1, 0.15) is 24.0 Å². The Kier molecular flexibility index (Phi) is 4.97. The van der Waals surface area contributed by atoms with Gasteiger partial charge in [0, 0.05) is 28.6 Å². The van der Waals surface area contributed by atoms with Gasteiger partial charge in [-0.05, 0) is 24.6 Å². The highest BCUT2D eigenvalue weighted by Crippen LogP contribution is 2.31. The van der Waals surface area contributed by atoms with Crippen LogP contribution in [-0.2, 0) is 4.74 Å². The molecule has 0 saturated heterocycles. The second-order valence-electron chi connectivity index (χ2n) is 3.72. The Morgan fingerprint density at radius 2 is 2.11 bits per heavy atom. The predicted molar refractivity (Wildman–Crippen MR) is 79.1 cm³/mol. The largest absolute Gasteiger partial charge is 0.494 e. The van der Waals surface area contributed by atoms with Gasteiger partial charge in [-0.1, -0.05) is 6.58 Å². The van der Waals surface area contributed by atoms with Gasteiger partial charge in [0.15, 0.2) is 0 Å². The standard InChI is InChI=1S/C13H17N3OS/c1-3-17-8(2)11-4-9(10(6-14)7-15)5-12(16)13(11)18/h4-7,10,14-15,18H,2-3,16H2,1H3. The lowest BCUT2D eigenvalue weighted by Crippen LogP contribution is -2.04. The highest BCUT2D eigenvalue weighted by Gasteiger charge is 2.13. The fraction of sp³-hybridized carbons (Fsp3) is 0.231. The van der Waals surface area contributed by atoms with E-state index in [1.165, 1.54) is 12.4 Å². The number of anilines is 1. The first-order chi connectivity index (χ1) is 8.54. The van der Waals surface area contributed by atoms with Gasteiger partial charge in [0.25, 0.3) is 0 Å². The number of hydrogen-bond donors (Lipinski definition) is 4. The minimum Gasteiger partial charge on any atom is -0.494 e. The lowest BCUT2D eigenvalue weighted by Gasteiger charge is -2.15. The maximum absolute atomic E-state index is 7.29. The molecule has 0 spiro atoms. The van der Waals surface area contributed by atoms with Gasteiger partial charge in [0.05, 0.1) is 12.5 Å². The zero-order valence-corrected chi connectivity index (χ0v) is 11.1. The SMILES string of the molecule is C=C(OCC)c1cc(C(C=N)C=N)cc(N)c1S. The summed E-state index contributed by atoms with van der Waals surface area (Å²) in [4.78, 5) is 0.603. The molecule has 0 amide bonds. The fourth-order valence-electron chi connectivity index (χ4n) is 1.58. The number of ether oxygens (including phenoxy) is 1. The number of hydrogen-bond acceptors (Lipinski definition) is 5. The molecule has 0 saturated carbocycles. The molecule has 0 radical (unpaired) electrons. The van der Waals surface area contributed by atoms with Gasteiger partial charge in [0.1, 0.15) is 5.76 Å². The molecule has 18 heavy (non-hydrogen) atoms. The van der Waals surface area contributed by atoms with Gasteiger partial charge < -0.3 is 21.3 Å². The van der Waals surface area contributed by atoms with E-state index in [0.717, 1.165) is 5.56 Å². The molecule has 0 aliphatic rings. The van der Waals surface area contributed by atoms with E-state index >= 15 is 0 Å². The number of benzene rings is 1. The molecular formula is C13H17N3OS. The monoisotopic (exact) mass is 263 g/mol. The quantitative estimate of drug-likeness (QED) is 0.275. The molecule has 4 N–H and O–H groups in total. The van der Waals surface area contributed by atoms with E-state index in [1.54, 1.807) is 12.1 Å². The number of nitrogens with two attached hydrogens (primary N) is 1.